The fraction of sp³-hybridized carbons (Fsp3) is 1.00. The van der Waals surface area contributed by atoms with E-state index in [1.54, 1.807) is 21.3 Å². The van der Waals surface area contributed by atoms with Gasteiger partial charge in [-0.2, -0.15) is 0 Å². The fourth-order valence-electron chi connectivity index (χ4n) is 1.39. The first-order chi connectivity index (χ1) is 6.07. The van der Waals surface area contributed by atoms with Crippen molar-refractivity contribution in [2.75, 3.05) is 27.9 Å². The molecule has 0 aromatic carbocycles. The molecule has 0 saturated heterocycles. The summed E-state index contributed by atoms with van der Waals surface area (Å²) in [4.78, 5) is 0. The molecule has 0 saturated carbocycles. The number of nitrogens with two attached hydrogens (primary N) is 2. The Bertz CT molecular complexity index is 133. The van der Waals surface area contributed by atoms with Crippen LogP contribution in [0.5, 0.6) is 0 Å². The molecule has 0 bridgehead atoms. The van der Waals surface area contributed by atoms with Crippen LogP contribution < -0.4 is 11.5 Å². The quantitative estimate of drug-likeness (QED) is 0.577. The number of rotatable bonds is 6. The third-order valence-corrected chi connectivity index (χ3v) is 5.57. The van der Waals surface area contributed by atoms with Crippen LogP contribution in [0.3, 0.4) is 0 Å². The second-order valence-electron chi connectivity index (χ2n) is 2.92. The summed E-state index contributed by atoms with van der Waals surface area (Å²) in [5.41, 5.74) is 11.3. The van der Waals surface area contributed by atoms with Crippen LogP contribution in [0.25, 0.3) is 0 Å². The van der Waals surface area contributed by atoms with Gasteiger partial charge < -0.3 is 24.7 Å². The molecule has 0 aliphatic rings. The predicted octanol–water partition coefficient (Wildman–Crippen LogP) is -0.459. The van der Waals surface area contributed by atoms with Crippen LogP contribution in [0.4, 0.5) is 0 Å². The minimum absolute atomic E-state index is 0.0625. The highest BCUT2D eigenvalue weighted by molar-refractivity contribution is 6.62. The van der Waals surface area contributed by atoms with Crippen LogP contribution in [-0.2, 0) is 13.3 Å². The number of hydrogen-bond acceptors (Lipinski definition) is 5. The van der Waals surface area contributed by atoms with Crippen molar-refractivity contribution in [1.29, 1.82) is 0 Å². The van der Waals surface area contributed by atoms with Crippen molar-refractivity contribution in [3.8, 4) is 0 Å². The Morgan fingerprint density at radius 3 is 1.62 bits per heavy atom. The lowest BCUT2D eigenvalue weighted by Crippen LogP contribution is -2.55. The molecule has 4 N–H and O–H groups in total. The Hall–Kier alpha value is 0.0169. The van der Waals surface area contributed by atoms with E-state index in [0.717, 1.165) is 0 Å². The van der Waals surface area contributed by atoms with Gasteiger partial charge in [0.15, 0.2) is 0 Å². The minimum atomic E-state index is -2.66. The maximum atomic E-state index is 5.77. The fourth-order valence-corrected chi connectivity index (χ4v) is 3.73. The monoisotopic (exact) mass is 208 g/mol. The number of hydrogen-bond donors (Lipinski definition) is 2. The maximum absolute atomic E-state index is 5.77. The van der Waals surface area contributed by atoms with Gasteiger partial charge in [-0.05, 0) is 6.92 Å². The van der Waals surface area contributed by atoms with Crippen molar-refractivity contribution >= 4 is 8.80 Å². The highest BCUT2D eigenvalue weighted by Crippen LogP contribution is 2.25. The Labute approximate surface area is 80.7 Å². The van der Waals surface area contributed by atoms with Gasteiger partial charge in [-0.3, -0.25) is 0 Å². The first-order valence-electron chi connectivity index (χ1n) is 4.19. The van der Waals surface area contributed by atoms with Gasteiger partial charge in [0.05, 0.1) is 5.54 Å². The summed E-state index contributed by atoms with van der Waals surface area (Å²) in [6, 6.07) is -0.100. The first-order valence-corrected chi connectivity index (χ1v) is 5.99. The van der Waals surface area contributed by atoms with E-state index in [-0.39, 0.29) is 11.6 Å². The molecule has 5 nitrogen and oxygen atoms in total. The van der Waals surface area contributed by atoms with E-state index in [1.165, 1.54) is 0 Å². The van der Waals surface area contributed by atoms with E-state index in [0.29, 0.717) is 6.54 Å². The molecular weight excluding hydrogens is 188 g/mol. The van der Waals surface area contributed by atoms with Crippen LogP contribution >= 0.6 is 0 Å². The van der Waals surface area contributed by atoms with Gasteiger partial charge >= 0.3 is 8.80 Å². The van der Waals surface area contributed by atoms with Gasteiger partial charge in [-0.1, -0.05) is 0 Å². The van der Waals surface area contributed by atoms with E-state index in [2.05, 4.69) is 0 Å². The Kier molecular flexibility index (Phi) is 5.69. The molecule has 0 aromatic heterocycles. The zero-order valence-electron chi connectivity index (χ0n) is 8.74. The zero-order valence-corrected chi connectivity index (χ0v) is 9.74. The summed E-state index contributed by atoms with van der Waals surface area (Å²) in [7, 11) is 2.02. The minimum Gasteiger partial charge on any atom is -0.377 e. The maximum Gasteiger partial charge on any atom is 0.506 e. The topological polar surface area (TPSA) is 79.7 Å². The van der Waals surface area contributed by atoms with Crippen molar-refractivity contribution in [1.82, 2.24) is 0 Å². The molecule has 0 heterocycles. The summed E-state index contributed by atoms with van der Waals surface area (Å²) in [5, 5.41) is 0. The molecule has 80 valence electrons. The van der Waals surface area contributed by atoms with Crippen LogP contribution in [0.1, 0.15) is 6.92 Å². The van der Waals surface area contributed by atoms with Crippen molar-refractivity contribution in [2.24, 2.45) is 11.5 Å². The SMILES string of the molecule is CO[Si](OC)(OC)C(CN)C(C)N. The average Bonchev–Trinajstić information content (AvgIpc) is 2.13. The lowest BCUT2D eigenvalue weighted by molar-refractivity contribution is 0.109. The van der Waals surface area contributed by atoms with Crippen molar-refractivity contribution in [3.63, 3.8) is 0 Å². The highest BCUT2D eigenvalue weighted by Gasteiger charge is 2.48. The molecular formula is C7H20N2O3Si. The smallest absolute Gasteiger partial charge is 0.377 e. The van der Waals surface area contributed by atoms with Crippen LogP contribution in [-0.4, -0.2) is 42.7 Å². The molecule has 0 aliphatic carbocycles. The second-order valence-corrected chi connectivity index (χ2v) is 6.09. The van der Waals surface area contributed by atoms with Crippen LogP contribution in [0.2, 0.25) is 5.54 Å². The molecule has 0 spiro atoms. The summed E-state index contributed by atoms with van der Waals surface area (Å²) in [6.07, 6.45) is 0. The molecule has 0 radical (unpaired) electrons. The van der Waals surface area contributed by atoms with Crippen LogP contribution in [0.15, 0.2) is 0 Å². The summed E-state index contributed by atoms with van der Waals surface area (Å²) in [5.74, 6) is 0. The van der Waals surface area contributed by atoms with Gasteiger partial charge in [0.25, 0.3) is 0 Å². The zero-order chi connectivity index (χ0) is 10.5. The van der Waals surface area contributed by atoms with Gasteiger partial charge in [0, 0.05) is 33.9 Å². The van der Waals surface area contributed by atoms with E-state index in [4.69, 9.17) is 24.7 Å². The first kappa shape index (κ1) is 13.0. The van der Waals surface area contributed by atoms with Gasteiger partial charge in [-0.25, -0.2) is 0 Å². The van der Waals surface area contributed by atoms with Crippen molar-refractivity contribution in [3.05, 3.63) is 0 Å². The molecule has 0 aromatic rings. The molecule has 2 atom stereocenters. The largest absolute Gasteiger partial charge is 0.506 e. The summed E-state index contributed by atoms with van der Waals surface area (Å²) >= 11 is 0. The lowest BCUT2D eigenvalue weighted by atomic mass is 10.2. The molecule has 0 rings (SSSR count). The molecule has 2 unspecified atom stereocenters. The van der Waals surface area contributed by atoms with E-state index in [1.807, 2.05) is 6.92 Å². The normalized spacial score (nSPS) is 17.1. The van der Waals surface area contributed by atoms with Gasteiger partial charge in [-0.15, -0.1) is 0 Å². The summed E-state index contributed by atoms with van der Waals surface area (Å²) < 4.78 is 15.9. The Morgan fingerprint density at radius 1 is 1.15 bits per heavy atom. The molecule has 13 heavy (non-hydrogen) atoms. The van der Waals surface area contributed by atoms with Crippen molar-refractivity contribution < 1.29 is 13.3 Å². The standard InChI is InChI=1S/C7H20N2O3Si/c1-6(9)7(5-8)13(10-2,11-3)12-4/h6-7H,5,8-9H2,1-4H3. The van der Waals surface area contributed by atoms with Crippen LogP contribution in [0, 0.1) is 0 Å². The second kappa shape index (κ2) is 5.69. The van der Waals surface area contributed by atoms with Crippen molar-refractivity contribution in [2.45, 2.75) is 18.5 Å². The summed E-state index contributed by atoms with van der Waals surface area (Å²) in [6.45, 7) is 2.27. The average molecular weight is 208 g/mol. The molecule has 6 heteroatoms. The van der Waals surface area contributed by atoms with E-state index < -0.39 is 8.80 Å². The highest BCUT2D eigenvalue weighted by atomic mass is 28.4. The predicted molar refractivity (Wildman–Crippen MR) is 53.2 cm³/mol. The molecule has 0 aliphatic heterocycles. The van der Waals surface area contributed by atoms with Gasteiger partial charge in [0.2, 0.25) is 0 Å². The molecule has 0 fully saturated rings. The van der Waals surface area contributed by atoms with Gasteiger partial charge in [0.1, 0.15) is 0 Å². The van der Waals surface area contributed by atoms with E-state index in [9.17, 15) is 0 Å². The third-order valence-electron chi connectivity index (χ3n) is 2.20. The van der Waals surface area contributed by atoms with E-state index >= 15 is 0 Å². The third kappa shape index (κ3) is 2.73. The Balaban J connectivity index is 4.65. The lowest BCUT2D eigenvalue weighted by Gasteiger charge is -2.33. The molecule has 0 amide bonds. The Morgan fingerprint density at radius 2 is 1.54 bits per heavy atom.